The fourth-order valence-corrected chi connectivity index (χ4v) is 1.99. The van der Waals surface area contributed by atoms with E-state index >= 15 is 0 Å². The maximum Gasteiger partial charge on any atom is 0.410 e. The molecule has 98 valence electrons. The van der Waals surface area contributed by atoms with Crippen LogP contribution in [0.25, 0.3) is 0 Å². The SMILES string of the molecule is C[C@H]1C[C@H](C(=O)O)CCN1C(=O)OC(C)(C)C. The highest BCUT2D eigenvalue weighted by molar-refractivity contribution is 5.72. The molecule has 0 unspecified atom stereocenters. The number of nitrogens with zero attached hydrogens (tertiary/aromatic N) is 1. The van der Waals surface area contributed by atoms with E-state index in [2.05, 4.69) is 0 Å². The molecule has 1 saturated heterocycles. The summed E-state index contributed by atoms with van der Waals surface area (Å²) < 4.78 is 5.28. The summed E-state index contributed by atoms with van der Waals surface area (Å²) in [5.74, 6) is -1.12. The zero-order valence-corrected chi connectivity index (χ0v) is 10.9. The Morgan fingerprint density at radius 3 is 2.35 bits per heavy atom. The molecule has 1 amide bonds. The summed E-state index contributed by atoms with van der Waals surface area (Å²) in [7, 11) is 0. The topological polar surface area (TPSA) is 66.8 Å². The van der Waals surface area contributed by atoms with Crippen LogP contribution in [0.15, 0.2) is 0 Å². The van der Waals surface area contributed by atoms with Crippen molar-refractivity contribution >= 4 is 12.1 Å². The van der Waals surface area contributed by atoms with Gasteiger partial charge in [-0.05, 0) is 40.5 Å². The Morgan fingerprint density at radius 2 is 1.94 bits per heavy atom. The molecule has 0 saturated carbocycles. The molecule has 0 spiro atoms. The van der Waals surface area contributed by atoms with E-state index in [1.165, 1.54) is 0 Å². The molecule has 1 aliphatic rings. The zero-order chi connectivity index (χ0) is 13.2. The van der Waals surface area contributed by atoms with Gasteiger partial charge in [-0.25, -0.2) is 4.79 Å². The molecule has 1 N–H and O–H groups in total. The van der Waals surface area contributed by atoms with E-state index in [4.69, 9.17) is 9.84 Å². The second-order valence-electron chi connectivity index (χ2n) is 5.58. The number of carboxylic acid groups (broad SMARTS) is 1. The fourth-order valence-electron chi connectivity index (χ4n) is 1.99. The number of hydrogen-bond donors (Lipinski definition) is 1. The van der Waals surface area contributed by atoms with Crippen molar-refractivity contribution in [1.29, 1.82) is 0 Å². The lowest BCUT2D eigenvalue weighted by Gasteiger charge is -2.37. The summed E-state index contributed by atoms with van der Waals surface area (Å²) in [6, 6.07) is -0.0836. The van der Waals surface area contributed by atoms with Crippen LogP contribution in [0.5, 0.6) is 0 Å². The summed E-state index contributed by atoms with van der Waals surface area (Å²) in [4.78, 5) is 24.3. The largest absolute Gasteiger partial charge is 0.481 e. The van der Waals surface area contributed by atoms with Crippen LogP contribution < -0.4 is 0 Å². The molecule has 1 fully saturated rings. The molecule has 0 aromatic carbocycles. The van der Waals surface area contributed by atoms with E-state index in [9.17, 15) is 9.59 Å². The van der Waals surface area contributed by atoms with Gasteiger partial charge in [-0.1, -0.05) is 0 Å². The van der Waals surface area contributed by atoms with Crippen LogP contribution in [0.2, 0.25) is 0 Å². The molecule has 1 rings (SSSR count). The molecule has 0 aromatic rings. The average molecular weight is 243 g/mol. The van der Waals surface area contributed by atoms with Crippen LogP contribution in [0.4, 0.5) is 4.79 Å². The number of rotatable bonds is 1. The van der Waals surface area contributed by atoms with E-state index in [-0.39, 0.29) is 18.1 Å². The third kappa shape index (κ3) is 3.91. The van der Waals surface area contributed by atoms with Gasteiger partial charge in [0.25, 0.3) is 0 Å². The highest BCUT2D eigenvalue weighted by atomic mass is 16.6. The number of carbonyl (C=O) groups is 2. The van der Waals surface area contributed by atoms with Gasteiger partial charge in [0, 0.05) is 12.6 Å². The Morgan fingerprint density at radius 1 is 1.35 bits per heavy atom. The van der Waals surface area contributed by atoms with Crippen molar-refractivity contribution in [3.05, 3.63) is 0 Å². The van der Waals surface area contributed by atoms with Gasteiger partial charge < -0.3 is 14.7 Å². The Balaban J connectivity index is 2.58. The predicted molar refractivity (Wildman–Crippen MR) is 62.8 cm³/mol. The van der Waals surface area contributed by atoms with Crippen LogP contribution >= 0.6 is 0 Å². The molecule has 0 aliphatic carbocycles. The molecule has 1 heterocycles. The van der Waals surface area contributed by atoms with Crippen molar-refractivity contribution in [2.24, 2.45) is 5.92 Å². The summed E-state index contributed by atoms with van der Waals surface area (Å²) in [5, 5.41) is 8.93. The van der Waals surface area contributed by atoms with Crippen LogP contribution in [-0.2, 0) is 9.53 Å². The smallest absolute Gasteiger partial charge is 0.410 e. The molecule has 17 heavy (non-hydrogen) atoms. The van der Waals surface area contributed by atoms with Crippen LogP contribution in [0, 0.1) is 5.92 Å². The number of carbonyl (C=O) groups excluding carboxylic acids is 1. The van der Waals surface area contributed by atoms with E-state index < -0.39 is 11.6 Å². The van der Waals surface area contributed by atoms with Gasteiger partial charge in [0.15, 0.2) is 0 Å². The number of piperidine rings is 1. The zero-order valence-electron chi connectivity index (χ0n) is 10.9. The summed E-state index contributed by atoms with van der Waals surface area (Å²) >= 11 is 0. The van der Waals surface area contributed by atoms with Gasteiger partial charge in [-0.15, -0.1) is 0 Å². The lowest BCUT2D eigenvalue weighted by molar-refractivity contribution is -0.144. The van der Waals surface area contributed by atoms with Crippen molar-refractivity contribution in [3.8, 4) is 0 Å². The van der Waals surface area contributed by atoms with Crippen LogP contribution in [0.1, 0.15) is 40.5 Å². The Labute approximate surface area is 102 Å². The number of likely N-dealkylation sites (tertiary alicyclic amines) is 1. The Kier molecular flexibility index (Phi) is 4.01. The number of aliphatic carboxylic acids is 1. The van der Waals surface area contributed by atoms with E-state index in [0.717, 1.165) is 0 Å². The molecular weight excluding hydrogens is 222 g/mol. The minimum atomic E-state index is -0.777. The Hall–Kier alpha value is -1.26. The lowest BCUT2D eigenvalue weighted by atomic mass is 9.92. The third-order valence-corrected chi connectivity index (χ3v) is 2.85. The van der Waals surface area contributed by atoms with Crippen LogP contribution in [0.3, 0.4) is 0 Å². The first-order chi connectivity index (χ1) is 7.70. The maximum absolute atomic E-state index is 11.9. The van der Waals surface area contributed by atoms with Crippen molar-refractivity contribution in [1.82, 2.24) is 4.90 Å². The van der Waals surface area contributed by atoms with Crippen molar-refractivity contribution < 1.29 is 19.4 Å². The van der Waals surface area contributed by atoms with Gasteiger partial charge in [0.05, 0.1) is 5.92 Å². The van der Waals surface area contributed by atoms with Crippen molar-refractivity contribution in [3.63, 3.8) is 0 Å². The first-order valence-corrected chi connectivity index (χ1v) is 5.93. The van der Waals surface area contributed by atoms with Gasteiger partial charge >= 0.3 is 12.1 Å². The van der Waals surface area contributed by atoms with Gasteiger partial charge in [0.1, 0.15) is 5.60 Å². The number of amides is 1. The second-order valence-corrected chi connectivity index (χ2v) is 5.58. The van der Waals surface area contributed by atoms with Gasteiger partial charge in [-0.2, -0.15) is 0 Å². The fraction of sp³-hybridized carbons (Fsp3) is 0.833. The predicted octanol–water partition coefficient (Wildman–Crippen LogP) is 2.11. The molecule has 5 nitrogen and oxygen atoms in total. The third-order valence-electron chi connectivity index (χ3n) is 2.85. The summed E-state index contributed by atoms with van der Waals surface area (Å²) in [6.07, 6.45) is 0.641. The highest BCUT2D eigenvalue weighted by Crippen LogP contribution is 2.24. The number of carboxylic acids is 1. The van der Waals surface area contributed by atoms with Gasteiger partial charge in [0.2, 0.25) is 0 Å². The maximum atomic E-state index is 11.9. The van der Waals surface area contributed by atoms with Gasteiger partial charge in [-0.3, -0.25) is 4.79 Å². The average Bonchev–Trinajstić information content (AvgIpc) is 2.14. The number of ether oxygens (including phenoxy) is 1. The molecule has 2 atom stereocenters. The van der Waals surface area contributed by atoms with Crippen molar-refractivity contribution in [2.45, 2.75) is 52.2 Å². The first-order valence-electron chi connectivity index (χ1n) is 5.93. The van der Waals surface area contributed by atoms with Crippen LogP contribution in [-0.4, -0.2) is 40.3 Å². The Bertz CT molecular complexity index is 308. The number of hydrogen-bond acceptors (Lipinski definition) is 3. The highest BCUT2D eigenvalue weighted by Gasteiger charge is 2.34. The lowest BCUT2D eigenvalue weighted by Crippen LogP contribution is -2.47. The summed E-state index contributed by atoms with van der Waals surface area (Å²) in [6.45, 7) is 7.77. The normalized spacial score (nSPS) is 25.5. The molecule has 0 bridgehead atoms. The standard InChI is InChI=1S/C12H21NO4/c1-8-7-9(10(14)15)5-6-13(8)11(16)17-12(2,3)4/h8-9H,5-7H2,1-4H3,(H,14,15)/t8-,9+/m0/s1. The van der Waals surface area contributed by atoms with Crippen molar-refractivity contribution in [2.75, 3.05) is 6.54 Å². The van der Waals surface area contributed by atoms with E-state index in [1.807, 2.05) is 27.7 Å². The first kappa shape index (κ1) is 13.8. The molecule has 0 radical (unpaired) electrons. The molecule has 1 aliphatic heterocycles. The monoisotopic (exact) mass is 243 g/mol. The minimum Gasteiger partial charge on any atom is -0.481 e. The quantitative estimate of drug-likeness (QED) is 0.766. The molecular formula is C12H21NO4. The van der Waals surface area contributed by atoms with E-state index in [1.54, 1.807) is 4.90 Å². The molecule has 0 aromatic heterocycles. The second kappa shape index (κ2) is 4.94. The minimum absolute atomic E-state index is 0.0836. The van der Waals surface area contributed by atoms with E-state index in [0.29, 0.717) is 19.4 Å². The summed E-state index contributed by atoms with van der Waals surface area (Å²) in [5.41, 5.74) is -0.513. The molecule has 5 heteroatoms.